The van der Waals surface area contributed by atoms with Gasteiger partial charge in [0.15, 0.2) is 11.6 Å². The summed E-state index contributed by atoms with van der Waals surface area (Å²) in [5.74, 6) is 3.38. The zero-order valence-corrected chi connectivity index (χ0v) is 12.7. The molecule has 0 unspecified atom stereocenters. The number of hydrogen-bond acceptors (Lipinski definition) is 8. The summed E-state index contributed by atoms with van der Waals surface area (Å²) in [4.78, 5) is 21.3. The second kappa shape index (κ2) is 6.00. The number of nitrogen functional groups attached to an aromatic ring is 1. The molecule has 2 aromatic rings. The Morgan fingerprint density at radius 1 is 1.09 bits per heavy atom. The largest absolute Gasteiger partial charge is 0.490 e. The summed E-state index contributed by atoms with van der Waals surface area (Å²) in [6.45, 7) is 5.23. The molecule has 8 heteroatoms. The number of methoxy groups -OCH3 is 1. The summed E-state index contributed by atoms with van der Waals surface area (Å²) in [5.41, 5.74) is 5.84. The molecule has 22 heavy (non-hydrogen) atoms. The van der Waals surface area contributed by atoms with Gasteiger partial charge in [-0.25, -0.2) is 19.9 Å². The van der Waals surface area contributed by atoms with Crippen LogP contribution in [0.2, 0.25) is 0 Å². The molecule has 1 aliphatic rings. The number of aromatic nitrogens is 4. The van der Waals surface area contributed by atoms with Crippen molar-refractivity contribution in [2.24, 2.45) is 0 Å². The van der Waals surface area contributed by atoms with Crippen LogP contribution >= 0.6 is 0 Å². The lowest BCUT2D eigenvalue weighted by Crippen LogP contribution is -2.47. The van der Waals surface area contributed by atoms with Gasteiger partial charge in [-0.3, -0.25) is 0 Å². The van der Waals surface area contributed by atoms with Gasteiger partial charge in [0.25, 0.3) is 0 Å². The summed E-state index contributed by atoms with van der Waals surface area (Å²) < 4.78 is 5.33. The highest BCUT2D eigenvalue weighted by molar-refractivity contribution is 5.63. The van der Waals surface area contributed by atoms with Crippen LogP contribution in [0.15, 0.2) is 18.6 Å². The zero-order valence-electron chi connectivity index (χ0n) is 12.7. The summed E-state index contributed by atoms with van der Waals surface area (Å²) >= 11 is 0. The minimum atomic E-state index is 0.362. The first-order valence-electron chi connectivity index (χ1n) is 7.13. The maximum atomic E-state index is 5.84. The molecule has 0 radical (unpaired) electrons. The number of hydrogen-bond donors (Lipinski definition) is 1. The molecule has 0 spiro atoms. The lowest BCUT2D eigenvalue weighted by molar-refractivity contribution is 0.412. The molecule has 1 fully saturated rings. The lowest BCUT2D eigenvalue weighted by atomic mass is 10.3. The third-order valence-electron chi connectivity index (χ3n) is 3.68. The van der Waals surface area contributed by atoms with E-state index in [0.29, 0.717) is 11.6 Å². The van der Waals surface area contributed by atoms with Gasteiger partial charge in [0.05, 0.1) is 7.11 Å². The van der Waals surface area contributed by atoms with Crippen LogP contribution in [0.25, 0.3) is 0 Å². The van der Waals surface area contributed by atoms with Crippen LogP contribution in [-0.4, -0.2) is 53.2 Å². The SMILES string of the molecule is COc1c(N)ncnc1N1CCN(c2ccnc(C)n2)CC1. The first-order chi connectivity index (χ1) is 10.7. The van der Waals surface area contributed by atoms with Gasteiger partial charge < -0.3 is 20.3 Å². The van der Waals surface area contributed by atoms with Crippen molar-refractivity contribution in [3.8, 4) is 5.75 Å². The molecular weight excluding hydrogens is 282 g/mol. The van der Waals surface area contributed by atoms with Crippen LogP contribution in [0.3, 0.4) is 0 Å². The number of piperazine rings is 1. The predicted octanol–water partition coefficient (Wildman–Crippen LogP) is 0.492. The van der Waals surface area contributed by atoms with Crippen LogP contribution in [0.5, 0.6) is 5.75 Å². The molecule has 0 saturated carbocycles. The van der Waals surface area contributed by atoms with Crippen molar-refractivity contribution in [3.63, 3.8) is 0 Å². The highest BCUT2D eigenvalue weighted by Gasteiger charge is 2.23. The van der Waals surface area contributed by atoms with Gasteiger partial charge >= 0.3 is 0 Å². The number of ether oxygens (including phenoxy) is 1. The van der Waals surface area contributed by atoms with Gasteiger partial charge in [0, 0.05) is 32.4 Å². The van der Waals surface area contributed by atoms with E-state index in [1.54, 1.807) is 13.3 Å². The fraction of sp³-hybridized carbons (Fsp3) is 0.429. The molecule has 8 nitrogen and oxygen atoms in total. The average molecular weight is 301 g/mol. The van der Waals surface area contributed by atoms with E-state index in [4.69, 9.17) is 10.5 Å². The van der Waals surface area contributed by atoms with Crippen LogP contribution < -0.4 is 20.3 Å². The maximum Gasteiger partial charge on any atom is 0.204 e. The normalized spacial score (nSPS) is 15.0. The first kappa shape index (κ1) is 14.3. The van der Waals surface area contributed by atoms with E-state index in [0.717, 1.165) is 43.6 Å². The summed E-state index contributed by atoms with van der Waals surface area (Å²) in [6, 6.07) is 1.94. The number of nitrogens with zero attached hydrogens (tertiary/aromatic N) is 6. The minimum Gasteiger partial charge on any atom is -0.490 e. The average Bonchev–Trinajstić information content (AvgIpc) is 2.55. The second-order valence-corrected chi connectivity index (χ2v) is 5.05. The Morgan fingerprint density at radius 3 is 2.50 bits per heavy atom. The zero-order chi connectivity index (χ0) is 15.5. The van der Waals surface area contributed by atoms with Crippen LogP contribution in [0, 0.1) is 6.92 Å². The molecule has 2 N–H and O–H groups in total. The van der Waals surface area contributed by atoms with E-state index in [-0.39, 0.29) is 0 Å². The van der Waals surface area contributed by atoms with Crippen molar-refractivity contribution in [1.29, 1.82) is 0 Å². The fourth-order valence-corrected chi connectivity index (χ4v) is 2.57. The van der Waals surface area contributed by atoms with Crippen LogP contribution in [-0.2, 0) is 0 Å². The highest BCUT2D eigenvalue weighted by atomic mass is 16.5. The van der Waals surface area contributed by atoms with Crippen molar-refractivity contribution in [1.82, 2.24) is 19.9 Å². The molecule has 116 valence electrons. The number of anilines is 3. The van der Waals surface area contributed by atoms with Gasteiger partial charge in [-0.05, 0) is 13.0 Å². The quantitative estimate of drug-likeness (QED) is 0.875. The van der Waals surface area contributed by atoms with Crippen molar-refractivity contribution >= 4 is 17.5 Å². The Morgan fingerprint density at radius 2 is 1.82 bits per heavy atom. The van der Waals surface area contributed by atoms with E-state index in [2.05, 4.69) is 29.7 Å². The minimum absolute atomic E-state index is 0.362. The van der Waals surface area contributed by atoms with Crippen molar-refractivity contribution in [3.05, 3.63) is 24.4 Å². The van der Waals surface area contributed by atoms with Gasteiger partial charge in [0.1, 0.15) is 18.0 Å². The second-order valence-electron chi connectivity index (χ2n) is 5.05. The van der Waals surface area contributed by atoms with E-state index in [1.165, 1.54) is 6.33 Å². The molecule has 0 aliphatic carbocycles. The molecule has 1 saturated heterocycles. The Hall–Kier alpha value is -2.64. The molecule has 0 atom stereocenters. The number of nitrogens with two attached hydrogens (primary N) is 1. The standard InChI is InChI=1S/C14H19N7O/c1-10-16-4-3-11(19-10)20-5-7-21(8-6-20)14-12(22-2)13(15)17-9-18-14/h3-4,9H,5-8H2,1-2H3,(H2,15,17,18). The molecular formula is C14H19N7O. The topological polar surface area (TPSA) is 93.3 Å². The molecule has 3 rings (SSSR count). The Bertz CT molecular complexity index is 655. The Labute approximate surface area is 129 Å². The smallest absolute Gasteiger partial charge is 0.204 e. The molecule has 1 aliphatic heterocycles. The summed E-state index contributed by atoms with van der Waals surface area (Å²) in [7, 11) is 1.58. The van der Waals surface area contributed by atoms with E-state index >= 15 is 0 Å². The van der Waals surface area contributed by atoms with Crippen LogP contribution in [0.1, 0.15) is 5.82 Å². The molecule has 0 amide bonds. The van der Waals surface area contributed by atoms with Gasteiger partial charge in [-0.15, -0.1) is 0 Å². The lowest BCUT2D eigenvalue weighted by Gasteiger charge is -2.36. The molecule has 2 aromatic heterocycles. The molecule has 0 bridgehead atoms. The van der Waals surface area contributed by atoms with Crippen molar-refractivity contribution < 1.29 is 4.74 Å². The van der Waals surface area contributed by atoms with Crippen molar-refractivity contribution in [2.75, 3.05) is 48.8 Å². The van der Waals surface area contributed by atoms with Gasteiger partial charge in [-0.1, -0.05) is 0 Å². The van der Waals surface area contributed by atoms with Crippen molar-refractivity contribution in [2.45, 2.75) is 6.92 Å². The monoisotopic (exact) mass is 301 g/mol. The van der Waals surface area contributed by atoms with Crippen LogP contribution in [0.4, 0.5) is 17.5 Å². The van der Waals surface area contributed by atoms with E-state index in [9.17, 15) is 0 Å². The molecule has 3 heterocycles. The summed E-state index contributed by atoms with van der Waals surface area (Å²) in [6.07, 6.45) is 3.26. The third-order valence-corrected chi connectivity index (χ3v) is 3.68. The predicted molar refractivity (Wildman–Crippen MR) is 84.2 cm³/mol. The Balaban J connectivity index is 1.73. The molecule has 0 aromatic carbocycles. The highest BCUT2D eigenvalue weighted by Crippen LogP contribution is 2.30. The van der Waals surface area contributed by atoms with Gasteiger partial charge in [-0.2, -0.15) is 0 Å². The summed E-state index contributed by atoms with van der Waals surface area (Å²) in [5, 5.41) is 0. The van der Waals surface area contributed by atoms with E-state index < -0.39 is 0 Å². The number of aryl methyl sites for hydroxylation is 1. The maximum absolute atomic E-state index is 5.84. The Kier molecular flexibility index (Phi) is 3.90. The fourth-order valence-electron chi connectivity index (χ4n) is 2.57. The third kappa shape index (κ3) is 2.72. The van der Waals surface area contributed by atoms with E-state index in [1.807, 2.05) is 13.0 Å². The van der Waals surface area contributed by atoms with Gasteiger partial charge in [0.2, 0.25) is 5.75 Å². The first-order valence-corrected chi connectivity index (χ1v) is 7.13. The number of rotatable bonds is 3.